The first-order chi connectivity index (χ1) is 9.86. The molecule has 2 aromatic rings. The molecule has 2 rings (SSSR count). The first-order valence-corrected chi connectivity index (χ1v) is 13.4. The topological polar surface area (TPSA) is 86.7 Å². The van der Waals surface area contributed by atoms with Gasteiger partial charge in [-0.25, -0.2) is 0 Å². The van der Waals surface area contributed by atoms with Crippen molar-refractivity contribution in [2.24, 2.45) is 0 Å². The summed E-state index contributed by atoms with van der Waals surface area (Å²) in [4.78, 5) is 0. The van der Waals surface area contributed by atoms with E-state index in [1.807, 2.05) is 0 Å². The number of para-hydroxylation sites is 2. The molecule has 2 aromatic carbocycles. The molecule has 0 atom stereocenters. The molecular formula is C12H10IO6S2-. The third kappa shape index (κ3) is 5.52. The Morgan fingerprint density at radius 1 is 0.619 bits per heavy atom. The maximum absolute atomic E-state index is 11.8. The zero-order chi connectivity index (χ0) is 15.3. The Hall–Kier alpha value is -1.33. The van der Waals surface area contributed by atoms with Gasteiger partial charge >= 0.3 is 130 Å². The van der Waals surface area contributed by atoms with Crippen LogP contribution in [-0.2, 0) is 14.6 Å². The quantitative estimate of drug-likeness (QED) is 0.410. The predicted molar refractivity (Wildman–Crippen MR) is 72.0 cm³/mol. The van der Waals surface area contributed by atoms with E-state index in [9.17, 15) is 16.8 Å². The van der Waals surface area contributed by atoms with Gasteiger partial charge in [0.2, 0.25) is 0 Å². The van der Waals surface area contributed by atoms with Crippen molar-refractivity contribution in [3.05, 3.63) is 60.7 Å². The molecule has 0 aromatic heterocycles. The van der Waals surface area contributed by atoms with Gasteiger partial charge in [-0.15, -0.1) is 0 Å². The van der Waals surface area contributed by atoms with E-state index in [-0.39, 0.29) is 11.5 Å². The van der Waals surface area contributed by atoms with Gasteiger partial charge in [0.25, 0.3) is 0 Å². The van der Waals surface area contributed by atoms with Crippen LogP contribution < -0.4 is 26.8 Å². The van der Waals surface area contributed by atoms with Crippen LogP contribution in [0.3, 0.4) is 0 Å². The van der Waals surface area contributed by atoms with Crippen molar-refractivity contribution in [1.82, 2.24) is 0 Å². The van der Waals surface area contributed by atoms with Crippen molar-refractivity contribution in [3.8, 4) is 11.5 Å². The Morgan fingerprint density at radius 2 is 0.952 bits per heavy atom. The summed E-state index contributed by atoms with van der Waals surface area (Å²) < 4.78 is 56.6. The molecule has 0 radical (unpaired) electrons. The van der Waals surface area contributed by atoms with Gasteiger partial charge in [0.05, 0.1) is 0 Å². The SMILES string of the molecule is O=S(=O)(Oc1ccccc1)[I-]S(=O)(=O)Oc1ccccc1. The van der Waals surface area contributed by atoms with Gasteiger partial charge in [-0.2, -0.15) is 0 Å². The van der Waals surface area contributed by atoms with Crippen LogP contribution in [0.4, 0.5) is 0 Å². The second-order valence-electron chi connectivity index (χ2n) is 3.64. The number of benzene rings is 2. The second kappa shape index (κ2) is 6.62. The fraction of sp³-hybridized carbons (Fsp3) is 0. The maximum atomic E-state index is 11.8. The molecular weight excluding hydrogens is 431 g/mol. The molecule has 6 nitrogen and oxygen atoms in total. The van der Waals surface area contributed by atoms with Crippen LogP contribution in [-0.4, -0.2) is 16.8 Å². The minimum atomic E-state index is -4.22. The normalized spacial score (nSPS) is 12.0. The van der Waals surface area contributed by atoms with Crippen LogP contribution in [0, 0.1) is 0 Å². The molecule has 114 valence electrons. The van der Waals surface area contributed by atoms with E-state index in [4.69, 9.17) is 8.37 Å². The molecule has 0 aliphatic rings. The molecule has 0 heterocycles. The van der Waals surface area contributed by atoms with E-state index in [2.05, 4.69) is 0 Å². The van der Waals surface area contributed by atoms with E-state index < -0.39 is 33.0 Å². The molecule has 0 bridgehead atoms. The van der Waals surface area contributed by atoms with Crippen molar-refractivity contribution in [1.29, 1.82) is 0 Å². The predicted octanol–water partition coefficient (Wildman–Crippen LogP) is -1.28. The standard InChI is InChI=1S/C12H10IO6S2/c14-20(15,18-11-7-3-1-4-8-11)13-21(16,17)19-12-9-5-2-6-10-12/h1-10H/q-1. The third-order valence-electron chi connectivity index (χ3n) is 2.03. The zero-order valence-electron chi connectivity index (χ0n) is 10.4. The number of hydrogen-bond donors (Lipinski definition) is 0. The monoisotopic (exact) mass is 441 g/mol. The average molecular weight is 441 g/mol. The van der Waals surface area contributed by atoms with E-state index in [0.29, 0.717) is 0 Å². The molecule has 0 unspecified atom stereocenters. The summed E-state index contributed by atoms with van der Waals surface area (Å²) in [5.41, 5.74) is 0. The van der Waals surface area contributed by atoms with Gasteiger partial charge in [0, 0.05) is 0 Å². The summed E-state index contributed by atoms with van der Waals surface area (Å²) >= 11 is -2.42. The third-order valence-corrected chi connectivity index (χ3v) is 13.1. The van der Waals surface area contributed by atoms with Crippen molar-refractivity contribution < 1.29 is 43.6 Å². The summed E-state index contributed by atoms with van der Waals surface area (Å²) in [7, 11) is -8.43. The van der Waals surface area contributed by atoms with Gasteiger partial charge in [0.1, 0.15) is 0 Å². The number of hydrogen-bond acceptors (Lipinski definition) is 6. The molecule has 0 amide bonds. The first kappa shape index (κ1) is 16.0. The molecule has 0 aliphatic carbocycles. The van der Waals surface area contributed by atoms with Crippen LogP contribution in [0.15, 0.2) is 60.7 Å². The van der Waals surface area contributed by atoms with Crippen LogP contribution >= 0.6 is 0 Å². The Kier molecular flexibility index (Phi) is 5.06. The van der Waals surface area contributed by atoms with Gasteiger partial charge in [-0.3, -0.25) is 0 Å². The molecule has 21 heavy (non-hydrogen) atoms. The van der Waals surface area contributed by atoms with Crippen LogP contribution in [0.5, 0.6) is 11.5 Å². The van der Waals surface area contributed by atoms with E-state index >= 15 is 0 Å². The molecule has 0 saturated heterocycles. The fourth-order valence-electron chi connectivity index (χ4n) is 1.30. The van der Waals surface area contributed by atoms with Crippen LogP contribution in [0.25, 0.3) is 0 Å². The summed E-state index contributed by atoms with van der Waals surface area (Å²) in [5.74, 6) is 0.124. The van der Waals surface area contributed by atoms with E-state index in [1.165, 1.54) is 24.3 Å². The average Bonchev–Trinajstić information content (AvgIpc) is 2.38. The van der Waals surface area contributed by atoms with Crippen molar-refractivity contribution in [3.63, 3.8) is 0 Å². The van der Waals surface area contributed by atoms with Crippen molar-refractivity contribution >= 4 is 14.6 Å². The van der Waals surface area contributed by atoms with Gasteiger partial charge in [-0.05, 0) is 0 Å². The molecule has 0 spiro atoms. The molecule has 0 aliphatic heterocycles. The molecule has 9 heteroatoms. The minimum absolute atomic E-state index is 0.0621. The zero-order valence-corrected chi connectivity index (χ0v) is 14.2. The summed E-state index contributed by atoms with van der Waals surface area (Å²) in [6.45, 7) is 0. The summed E-state index contributed by atoms with van der Waals surface area (Å²) in [5, 5.41) is 0. The molecule has 0 N–H and O–H groups in total. The second-order valence-corrected chi connectivity index (χ2v) is 15.8. The fourth-order valence-corrected chi connectivity index (χ4v) is 10.4. The Bertz CT molecular complexity index is 719. The number of halogens is 1. The van der Waals surface area contributed by atoms with Crippen LogP contribution in [0.2, 0.25) is 0 Å². The van der Waals surface area contributed by atoms with Gasteiger partial charge in [-0.1, -0.05) is 0 Å². The number of rotatable bonds is 6. The Balaban J connectivity index is 2.09. The molecule has 0 fully saturated rings. The van der Waals surface area contributed by atoms with Crippen LogP contribution in [0.1, 0.15) is 0 Å². The summed E-state index contributed by atoms with van der Waals surface area (Å²) in [6, 6.07) is 15.4. The molecule has 0 saturated carbocycles. The van der Waals surface area contributed by atoms with Gasteiger partial charge in [0.15, 0.2) is 0 Å². The van der Waals surface area contributed by atoms with Gasteiger partial charge < -0.3 is 0 Å². The van der Waals surface area contributed by atoms with Crippen molar-refractivity contribution in [2.75, 3.05) is 0 Å². The van der Waals surface area contributed by atoms with E-state index in [0.717, 1.165) is 0 Å². The Labute approximate surface area is 130 Å². The van der Waals surface area contributed by atoms with E-state index in [1.54, 1.807) is 36.4 Å². The Morgan fingerprint density at radius 3 is 1.29 bits per heavy atom. The summed E-state index contributed by atoms with van der Waals surface area (Å²) in [6.07, 6.45) is 0. The first-order valence-electron chi connectivity index (χ1n) is 5.54. The van der Waals surface area contributed by atoms with Crippen molar-refractivity contribution in [2.45, 2.75) is 0 Å².